The van der Waals surface area contributed by atoms with Gasteiger partial charge >= 0.3 is 0 Å². The van der Waals surface area contributed by atoms with Crippen LogP contribution in [0.4, 0.5) is 0 Å². The zero-order valence-corrected chi connectivity index (χ0v) is 16.1. The van der Waals surface area contributed by atoms with E-state index in [1.54, 1.807) is 24.4 Å². The fraction of sp³-hybridized carbons (Fsp3) is 0.333. The number of nitrogens with one attached hydrogen (secondary N) is 1. The van der Waals surface area contributed by atoms with Crippen LogP contribution < -0.4 is 24.4 Å². The van der Waals surface area contributed by atoms with E-state index in [1.807, 2.05) is 25.1 Å². The number of carbonyl (C=O) groups is 1. The molecule has 0 aromatic heterocycles. The lowest BCUT2D eigenvalue weighted by Gasteiger charge is -2.11. The predicted octanol–water partition coefficient (Wildman–Crippen LogP) is 3.76. The van der Waals surface area contributed by atoms with Crippen molar-refractivity contribution >= 4 is 12.1 Å². The standard InChI is InChI=1S/C21H24N2O5/c1-3-9-25-17-7-5-16(19(12-17)26-10-4-2)13-22-23-21(24)15-6-8-18-20(11-15)28-14-27-18/h5-8,11-13H,3-4,9-10,14H2,1-2H3,(H,23,24)/b22-13-. The Bertz CT molecular complexity index is 851. The molecule has 0 saturated heterocycles. The maximum Gasteiger partial charge on any atom is 0.271 e. The smallest absolute Gasteiger partial charge is 0.271 e. The Morgan fingerprint density at radius 3 is 2.68 bits per heavy atom. The third-order valence-corrected chi connectivity index (χ3v) is 3.92. The van der Waals surface area contributed by atoms with Gasteiger partial charge in [0, 0.05) is 17.2 Å². The fourth-order valence-corrected chi connectivity index (χ4v) is 2.53. The number of ether oxygens (including phenoxy) is 4. The van der Waals surface area contributed by atoms with Gasteiger partial charge in [-0.3, -0.25) is 4.79 Å². The number of hydrogen-bond donors (Lipinski definition) is 1. The topological polar surface area (TPSA) is 78.4 Å². The van der Waals surface area contributed by atoms with Gasteiger partial charge in [0.25, 0.3) is 5.91 Å². The van der Waals surface area contributed by atoms with E-state index in [0.29, 0.717) is 36.0 Å². The van der Waals surface area contributed by atoms with Crippen molar-refractivity contribution in [2.24, 2.45) is 5.10 Å². The van der Waals surface area contributed by atoms with Gasteiger partial charge < -0.3 is 18.9 Å². The highest BCUT2D eigenvalue weighted by atomic mass is 16.7. The van der Waals surface area contributed by atoms with Crippen LogP contribution in [0.3, 0.4) is 0 Å². The third kappa shape index (κ3) is 4.94. The quantitative estimate of drug-likeness (QED) is 0.526. The minimum atomic E-state index is -0.339. The van der Waals surface area contributed by atoms with Crippen LogP contribution >= 0.6 is 0 Å². The Labute approximate surface area is 164 Å². The predicted molar refractivity (Wildman–Crippen MR) is 106 cm³/mol. The van der Waals surface area contributed by atoms with Crippen molar-refractivity contribution in [3.63, 3.8) is 0 Å². The number of amides is 1. The van der Waals surface area contributed by atoms with Crippen molar-refractivity contribution in [3.8, 4) is 23.0 Å². The van der Waals surface area contributed by atoms with Crippen LogP contribution in [0.2, 0.25) is 0 Å². The molecular weight excluding hydrogens is 360 g/mol. The highest BCUT2D eigenvalue weighted by Gasteiger charge is 2.16. The van der Waals surface area contributed by atoms with E-state index < -0.39 is 0 Å². The number of hydrazone groups is 1. The average molecular weight is 384 g/mol. The summed E-state index contributed by atoms with van der Waals surface area (Å²) in [6.07, 6.45) is 3.37. The van der Waals surface area contributed by atoms with Gasteiger partial charge in [-0.15, -0.1) is 0 Å². The number of hydrogen-bond acceptors (Lipinski definition) is 6. The Morgan fingerprint density at radius 2 is 1.86 bits per heavy atom. The summed E-state index contributed by atoms with van der Waals surface area (Å²) in [4.78, 5) is 12.3. The summed E-state index contributed by atoms with van der Waals surface area (Å²) in [6.45, 7) is 5.49. The maximum absolute atomic E-state index is 12.3. The Morgan fingerprint density at radius 1 is 1.07 bits per heavy atom. The summed E-state index contributed by atoms with van der Waals surface area (Å²) in [5, 5.41) is 4.05. The van der Waals surface area contributed by atoms with Crippen molar-refractivity contribution in [1.82, 2.24) is 5.43 Å². The Balaban J connectivity index is 1.67. The molecule has 0 unspecified atom stereocenters. The molecule has 148 valence electrons. The Hall–Kier alpha value is -3.22. The first-order valence-corrected chi connectivity index (χ1v) is 9.34. The SMILES string of the molecule is CCCOc1ccc(/C=N\NC(=O)c2ccc3c(c2)OCO3)c(OCCC)c1. The molecule has 3 rings (SSSR count). The first-order valence-electron chi connectivity index (χ1n) is 9.34. The van der Waals surface area contributed by atoms with Crippen LogP contribution in [-0.4, -0.2) is 32.1 Å². The van der Waals surface area contributed by atoms with Gasteiger partial charge in [0.1, 0.15) is 11.5 Å². The highest BCUT2D eigenvalue weighted by Crippen LogP contribution is 2.32. The molecule has 0 atom stereocenters. The van der Waals surface area contributed by atoms with Crippen molar-refractivity contribution in [2.75, 3.05) is 20.0 Å². The van der Waals surface area contributed by atoms with E-state index in [0.717, 1.165) is 24.2 Å². The molecule has 2 aromatic carbocycles. The fourth-order valence-electron chi connectivity index (χ4n) is 2.53. The van der Waals surface area contributed by atoms with E-state index in [2.05, 4.69) is 17.5 Å². The van der Waals surface area contributed by atoms with Crippen LogP contribution in [0.25, 0.3) is 0 Å². The van der Waals surface area contributed by atoms with Gasteiger partial charge in [0.05, 0.1) is 19.4 Å². The third-order valence-electron chi connectivity index (χ3n) is 3.92. The lowest BCUT2D eigenvalue weighted by molar-refractivity contribution is 0.0954. The number of benzene rings is 2. The van der Waals surface area contributed by atoms with Gasteiger partial charge in [0.15, 0.2) is 11.5 Å². The highest BCUT2D eigenvalue weighted by molar-refractivity contribution is 5.95. The monoisotopic (exact) mass is 384 g/mol. The number of fused-ring (bicyclic) bond motifs is 1. The lowest BCUT2D eigenvalue weighted by atomic mass is 10.2. The summed E-state index contributed by atoms with van der Waals surface area (Å²) in [5.41, 5.74) is 3.71. The maximum atomic E-state index is 12.3. The lowest BCUT2D eigenvalue weighted by Crippen LogP contribution is -2.17. The van der Waals surface area contributed by atoms with E-state index >= 15 is 0 Å². The van der Waals surface area contributed by atoms with Crippen molar-refractivity contribution in [3.05, 3.63) is 47.5 Å². The van der Waals surface area contributed by atoms with E-state index in [1.165, 1.54) is 0 Å². The largest absolute Gasteiger partial charge is 0.493 e. The normalized spacial score (nSPS) is 12.2. The first-order chi connectivity index (χ1) is 13.7. The van der Waals surface area contributed by atoms with E-state index in [-0.39, 0.29) is 12.7 Å². The zero-order valence-electron chi connectivity index (χ0n) is 16.1. The Kier molecular flexibility index (Phi) is 6.73. The molecular formula is C21H24N2O5. The summed E-state index contributed by atoms with van der Waals surface area (Å²) in [5.74, 6) is 2.25. The summed E-state index contributed by atoms with van der Waals surface area (Å²) in [6, 6.07) is 10.5. The van der Waals surface area contributed by atoms with E-state index in [9.17, 15) is 4.79 Å². The zero-order chi connectivity index (χ0) is 19.8. The van der Waals surface area contributed by atoms with Gasteiger partial charge in [-0.05, 0) is 43.2 Å². The molecule has 0 bridgehead atoms. The molecule has 0 radical (unpaired) electrons. The minimum absolute atomic E-state index is 0.164. The second-order valence-corrected chi connectivity index (χ2v) is 6.16. The molecule has 7 heteroatoms. The second-order valence-electron chi connectivity index (χ2n) is 6.16. The van der Waals surface area contributed by atoms with Crippen molar-refractivity contribution in [2.45, 2.75) is 26.7 Å². The molecule has 1 aliphatic rings. The van der Waals surface area contributed by atoms with Crippen molar-refractivity contribution in [1.29, 1.82) is 0 Å². The minimum Gasteiger partial charge on any atom is -0.493 e. The summed E-state index contributed by atoms with van der Waals surface area (Å²) in [7, 11) is 0. The second kappa shape index (κ2) is 9.64. The number of rotatable bonds is 9. The summed E-state index contributed by atoms with van der Waals surface area (Å²) >= 11 is 0. The van der Waals surface area contributed by atoms with Crippen LogP contribution in [0.1, 0.15) is 42.6 Å². The first kappa shape index (κ1) is 19.5. The molecule has 28 heavy (non-hydrogen) atoms. The van der Waals surface area contributed by atoms with Crippen LogP contribution in [0.15, 0.2) is 41.5 Å². The van der Waals surface area contributed by atoms with Crippen LogP contribution in [-0.2, 0) is 0 Å². The summed E-state index contributed by atoms with van der Waals surface area (Å²) < 4.78 is 22.0. The molecule has 1 aliphatic heterocycles. The molecule has 1 heterocycles. The number of carbonyl (C=O) groups excluding carboxylic acids is 1. The van der Waals surface area contributed by atoms with Gasteiger partial charge in [-0.2, -0.15) is 5.10 Å². The molecule has 0 spiro atoms. The number of nitrogens with zero attached hydrogens (tertiary/aromatic N) is 1. The molecule has 7 nitrogen and oxygen atoms in total. The molecule has 0 saturated carbocycles. The van der Waals surface area contributed by atoms with Crippen LogP contribution in [0, 0.1) is 0 Å². The van der Waals surface area contributed by atoms with Gasteiger partial charge in [-0.1, -0.05) is 13.8 Å². The molecule has 0 aliphatic carbocycles. The average Bonchev–Trinajstić information content (AvgIpc) is 3.19. The van der Waals surface area contributed by atoms with Gasteiger partial charge in [0.2, 0.25) is 6.79 Å². The van der Waals surface area contributed by atoms with Gasteiger partial charge in [-0.25, -0.2) is 5.43 Å². The molecule has 2 aromatic rings. The van der Waals surface area contributed by atoms with E-state index in [4.69, 9.17) is 18.9 Å². The van der Waals surface area contributed by atoms with Crippen molar-refractivity contribution < 1.29 is 23.7 Å². The molecule has 1 N–H and O–H groups in total. The molecule has 1 amide bonds. The molecule has 0 fully saturated rings. The van der Waals surface area contributed by atoms with Crippen LogP contribution in [0.5, 0.6) is 23.0 Å².